The van der Waals surface area contributed by atoms with Crippen LogP contribution in [0.1, 0.15) is 0 Å². The van der Waals surface area contributed by atoms with Gasteiger partial charge in [-0.05, 0) is 12.1 Å². The summed E-state index contributed by atoms with van der Waals surface area (Å²) in [6, 6.07) is 3.80. The van der Waals surface area contributed by atoms with Crippen LogP contribution in [-0.4, -0.2) is 0 Å². The predicted octanol–water partition coefficient (Wildman–Crippen LogP) is 3.62. The Bertz CT molecular complexity index is 601. The Morgan fingerprint density at radius 2 is 1.44 bits per heavy atom. The summed E-state index contributed by atoms with van der Waals surface area (Å²) in [7, 11) is 0. The third-order valence-electron chi connectivity index (χ3n) is 2.17. The van der Waals surface area contributed by atoms with Gasteiger partial charge in [0.15, 0.2) is 23.1 Å². The molecule has 0 amide bonds. The van der Waals surface area contributed by atoms with E-state index < -0.39 is 40.5 Å². The number of benzene rings is 2. The van der Waals surface area contributed by atoms with Gasteiger partial charge >= 0.3 is 0 Å². The van der Waals surface area contributed by atoms with E-state index >= 15 is 0 Å². The first kappa shape index (κ1) is 12.2. The number of nitrogen functional groups attached to an aromatic ring is 1. The molecule has 0 saturated heterocycles. The summed E-state index contributed by atoms with van der Waals surface area (Å²) >= 11 is 0. The standard InChI is InChI=1S/C12H7F4NO/c13-6-1-2-8(15)10(4-6)18-11-5-7(14)3-9(16)12(11)17/h1-5H,17H2. The minimum Gasteiger partial charge on any atom is -0.452 e. The molecular formula is C12H7F4NO. The van der Waals surface area contributed by atoms with E-state index in [4.69, 9.17) is 10.5 Å². The first-order valence-corrected chi connectivity index (χ1v) is 4.85. The number of nitrogens with two attached hydrogens (primary N) is 1. The molecule has 0 fully saturated rings. The molecule has 0 heterocycles. The highest BCUT2D eigenvalue weighted by Crippen LogP contribution is 2.32. The summed E-state index contributed by atoms with van der Waals surface area (Å²) in [5.41, 5.74) is 4.82. The molecule has 2 N–H and O–H groups in total. The second kappa shape index (κ2) is 4.56. The van der Waals surface area contributed by atoms with Crippen molar-refractivity contribution in [1.29, 1.82) is 0 Å². The van der Waals surface area contributed by atoms with E-state index in [1.165, 1.54) is 0 Å². The van der Waals surface area contributed by atoms with Crippen molar-refractivity contribution in [2.24, 2.45) is 0 Å². The number of ether oxygens (including phenoxy) is 1. The van der Waals surface area contributed by atoms with Crippen LogP contribution >= 0.6 is 0 Å². The molecule has 2 rings (SSSR count). The van der Waals surface area contributed by atoms with Crippen molar-refractivity contribution < 1.29 is 22.3 Å². The summed E-state index contributed by atoms with van der Waals surface area (Å²) in [6.45, 7) is 0. The molecule has 18 heavy (non-hydrogen) atoms. The molecule has 0 saturated carbocycles. The lowest BCUT2D eigenvalue weighted by atomic mass is 10.2. The first-order valence-electron chi connectivity index (χ1n) is 4.85. The average molecular weight is 257 g/mol. The van der Waals surface area contributed by atoms with E-state index in [-0.39, 0.29) is 0 Å². The molecule has 0 unspecified atom stereocenters. The quantitative estimate of drug-likeness (QED) is 0.658. The Morgan fingerprint density at radius 3 is 2.17 bits per heavy atom. The van der Waals surface area contributed by atoms with Gasteiger partial charge < -0.3 is 10.5 Å². The highest BCUT2D eigenvalue weighted by atomic mass is 19.1. The van der Waals surface area contributed by atoms with E-state index in [1.807, 2.05) is 0 Å². The van der Waals surface area contributed by atoms with Gasteiger partial charge in [-0.25, -0.2) is 17.6 Å². The second-order valence-corrected chi connectivity index (χ2v) is 3.48. The van der Waals surface area contributed by atoms with Crippen LogP contribution in [0.15, 0.2) is 30.3 Å². The van der Waals surface area contributed by atoms with E-state index in [2.05, 4.69) is 0 Å². The maximum Gasteiger partial charge on any atom is 0.166 e. The maximum atomic E-state index is 13.3. The number of halogens is 4. The molecule has 0 aliphatic rings. The maximum absolute atomic E-state index is 13.3. The van der Waals surface area contributed by atoms with Gasteiger partial charge in [0.2, 0.25) is 0 Å². The fraction of sp³-hybridized carbons (Fsp3) is 0. The first-order chi connectivity index (χ1) is 8.47. The van der Waals surface area contributed by atoms with E-state index in [1.54, 1.807) is 0 Å². The molecule has 2 aromatic rings. The van der Waals surface area contributed by atoms with Gasteiger partial charge in [-0.1, -0.05) is 0 Å². The van der Waals surface area contributed by atoms with Crippen LogP contribution in [0, 0.1) is 23.3 Å². The van der Waals surface area contributed by atoms with Gasteiger partial charge in [0, 0.05) is 18.2 Å². The van der Waals surface area contributed by atoms with Crippen molar-refractivity contribution >= 4 is 5.69 Å². The van der Waals surface area contributed by atoms with Crippen LogP contribution in [0.2, 0.25) is 0 Å². The minimum atomic E-state index is -1.04. The highest BCUT2D eigenvalue weighted by Gasteiger charge is 2.13. The van der Waals surface area contributed by atoms with Crippen molar-refractivity contribution in [3.8, 4) is 11.5 Å². The Morgan fingerprint density at radius 1 is 0.778 bits per heavy atom. The molecule has 0 atom stereocenters. The van der Waals surface area contributed by atoms with E-state index in [0.717, 1.165) is 24.3 Å². The Labute approximate surface area is 99.6 Å². The Hall–Kier alpha value is -2.24. The third kappa shape index (κ3) is 2.37. The van der Waals surface area contributed by atoms with Crippen LogP contribution in [0.4, 0.5) is 23.2 Å². The largest absolute Gasteiger partial charge is 0.452 e. The van der Waals surface area contributed by atoms with Crippen LogP contribution in [0.25, 0.3) is 0 Å². The molecule has 0 spiro atoms. The lowest BCUT2D eigenvalue weighted by Gasteiger charge is -2.10. The van der Waals surface area contributed by atoms with Crippen molar-refractivity contribution in [2.75, 3.05) is 5.73 Å². The zero-order valence-corrected chi connectivity index (χ0v) is 8.88. The number of hydrogen-bond donors (Lipinski definition) is 1. The van der Waals surface area contributed by atoms with Crippen LogP contribution in [0.3, 0.4) is 0 Å². The van der Waals surface area contributed by atoms with Gasteiger partial charge in [0.05, 0.1) is 0 Å². The van der Waals surface area contributed by atoms with E-state index in [0.29, 0.717) is 6.07 Å². The topological polar surface area (TPSA) is 35.2 Å². The highest BCUT2D eigenvalue weighted by molar-refractivity contribution is 5.55. The van der Waals surface area contributed by atoms with Gasteiger partial charge in [-0.15, -0.1) is 0 Å². The zero-order valence-electron chi connectivity index (χ0n) is 8.88. The molecule has 2 aromatic carbocycles. The Kier molecular flexibility index (Phi) is 3.10. The zero-order chi connectivity index (χ0) is 13.3. The molecular weight excluding hydrogens is 250 g/mol. The summed E-state index contributed by atoms with van der Waals surface area (Å²) < 4.78 is 57.1. The monoisotopic (exact) mass is 257 g/mol. The number of anilines is 1. The molecule has 94 valence electrons. The van der Waals surface area contributed by atoms with Crippen molar-refractivity contribution in [1.82, 2.24) is 0 Å². The van der Waals surface area contributed by atoms with Crippen LogP contribution < -0.4 is 10.5 Å². The molecule has 6 heteroatoms. The average Bonchev–Trinajstić information content (AvgIpc) is 2.30. The SMILES string of the molecule is Nc1c(F)cc(F)cc1Oc1cc(F)ccc1F. The van der Waals surface area contributed by atoms with Crippen LogP contribution in [0.5, 0.6) is 11.5 Å². The lowest BCUT2D eigenvalue weighted by molar-refractivity contribution is 0.431. The van der Waals surface area contributed by atoms with Crippen molar-refractivity contribution in [3.63, 3.8) is 0 Å². The molecule has 0 aromatic heterocycles. The minimum absolute atomic E-state index is 0.419. The molecule has 0 aliphatic carbocycles. The van der Waals surface area contributed by atoms with Gasteiger partial charge in [0.1, 0.15) is 17.3 Å². The normalized spacial score (nSPS) is 10.4. The molecule has 2 nitrogen and oxygen atoms in total. The summed E-state index contributed by atoms with van der Waals surface area (Å²) in [4.78, 5) is 0. The number of hydrogen-bond acceptors (Lipinski definition) is 2. The smallest absolute Gasteiger partial charge is 0.166 e. The van der Waals surface area contributed by atoms with Gasteiger partial charge in [-0.3, -0.25) is 0 Å². The fourth-order valence-electron chi connectivity index (χ4n) is 1.32. The molecule has 0 radical (unpaired) electrons. The van der Waals surface area contributed by atoms with E-state index in [9.17, 15) is 17.6 Å². The van der Waals surface area contributed by atoms with Crippen LogP contribution in [-0.2, 0) is 0 Å². The second-order valence-electron chi connectivity index (χ2n) is 3.48. The predicted molar refractivity (Wildman–Crippen MR) is 57.2 cm³/mol. The molecule has 0 aliphatic heterocycles. The number of rotatable bonds is 2. The van der Waals surface area contributed by atoms with Crippen molar-refractivity contribution in [3.05, 3.63) is 53.6 Å². The van der Waals surface area contributed by atoms with Gasteiger partial charge in [-0.2, -0.15) is 0 Å². The van der Waals surface area contributed by atoms with Crippen molar-refractivity contribution in [2.45, 2.75) is 0 Å². The van der Waals surface area contributed by atoms with Gasteiger partial charge in [0.25, 0.3) is 0 Å². The fourth-order valence-corrected chi connectivity index (χ4v) is 1.32. The summed E-state index contributed by atoms with van der Waals surface area (Å²) in [6.07, 6.45) is 0. The molecule has 0 bridgehead atoms. The lowest BCUT2D eigenvalue weighted by Crippen LogP contribution is -1.98. The third-order valence-corrected chi connectivity index (χ3v) is 2.17. The summed E-state index contributed by atoms with van der Waals surface area (Å²) in [5, 5.41) is 0. The Balaban J connectivity index is 2.43. The summed E-state index contributed by atoms with van der Waals surface area (Å²) in [5.74, 6) is -4.53.